The summed E-state index contributed by atoms with van der Waals surface area (Å²) >= 11 is 0. The summed E-state index contributed by atoms with van der Waals surface area (Å²) in [5.74, 6) is -1.91. The normalized spacial score (nSPS) is 41.8. The number of carboxylic acids is 1. The minimum Gasteiger partial charge on any atom is -0.481 e. The van der Waals surface area contributed by atoms with Crippen LogP contribution in [-0.4, -0.2) is 39.3 Å². The van der Waals surface area contributed by atoms with E-state index in [0.717, 1.165) is 0 Å². The zero-order valence-corrected chi connectivity index (χ0v) is 6.75. The Morgan fingerprint density at radius 2 is 2.31 bits per heavy atom. The maximum Gasteiger partial charge on any atom is 0.310 e. The number of carbonyl (C=O) groups is 1. The number of fused-ring (bicyclic) bond motifs is 2. The molecule has 0 radical (unpaired) electrons. The van der Waals surface area contributed by atoms with E-state index in [2.05, 4.69) is 0 Å². The molecule has 2 aliphatic heterocycles. The van der Waals surface area contributed by atoms with Crippen LogP contribution in [0.1, 0.15) is 6.42 Å². The predicted octanol–water partition coefficient (Wildman–Crippen LogP) is -0.905. The molecule has 0 spiro atoms. The first kappa shape index (κ1) is 8.68. The second-order valence-corrected chi connectivity index (χ2v) is 3.37. The second-order valence-electron chi connectivity index (χ2n) is 3.37. The Labute approximate surface area is 74.3 Å². The Morgan fingerprint density at radius 1 is 1.62 bits per heavy atom. The number of hydrogen-bond donors (Lipinski definition) is 3. The molecule has 3 N–H and O–H groups in total. The highest BCUT2D eigenvalue weighted by Gasteiger charge is 2.57. The van der Waals surface area contributed by atoms with Gasteiger partial charge in [0.2, 0.25) is 0 Å². The molecule has 13 heavy (non-hydrogen) atoms. The highest BCUT2D eigenvalue weighted by Crippen LogP contribution is 2.44. The van der Waals surface area contributed by atoms with E-state index in [1.165, 1.54) is 6.08 Å². The highest BCUT2D eigenvalue weighted by molar-refractivity contribution is 5.73. The average molecular weight is 186 g/mol. The number of aliphatic hydroxyl groups excluding tert-OH is 1. The Hall–Kier alpha value is -0.910. The molecule has 0 amide bonds. The van der Waals surface area contributed by atoms with Crippen LogP contribution >= 0.6 is 0 Å². The van der Waals surface area contributed by atoms with Gasteiger partial charge in [-0.05, 0) is 12.5 Å². The molecule has 1 saturated heterocycles. The minimum atomic E-state index is -1.78. The van der Waals surface area contributed by atoms with Gasteiger partial charge in [0.25, 0.3) is 0 Å². The van der Waals surface area contributed by atoms with Gasteiger partial charge in [0, 0.05) is 0 Å². The van der Waals surface area contributed by atoms with Crippen molar-refractivity contribution >= 4 is 5.97 Å². The SMILES string of the molecule is O=C(O)C1CC2C=CC1(C(O)O)O2. The first-order valence-electron chi connectivity index (χ1n) is 4.02. The van der Waals surface area contributed by atoms with Crippen LogP contribution < -0.4 is 0 Å². The summed E-state index contributed by atoms with van der Waals surface area (Å²) in [6.45, 7) is 0. The van der Waals surface area contributed by atoms with Gasteiger partial charge in [0.05, 0.1) is 12.0 Å². The number of hydrogen-bond acceptors (Lipinski definition) is 4. The Morgan fingerprint density at radius 3 is 2.69 bits per heavy atom. The number of rotatable bonds is 2. The molecule has 3 unspecified atom stereocenters. The number of ether oxygens (including phenoxy) is 1. The van der Waals surface area contributed by atoms with Crippen molar-refractivity contribution in [2.45, 2.75) is 24.4 Å². The molecule has 72 valence electrons. The summed E-state index contributed by atoms with van der Waals surface area (Å²) in [5.41, 5.74) is -1.42. The van der Waals surface area contributed by atoms with Crippen LogP contribution in [0.4, 0.5) is 0 Å². The van der Waals surface area contributed by atoms with Crippen molar-refractivity contribution in [3.63, 3.8) is 0 Å². The fraction of sp³-hybridized carbons (Fsp3) is 0.625. The summed E-state index contributed by atoms with van der Waals surface area (Å²) in [6, 6.07) is 0. The lowest BCUT2D eigenvalue weighted by Gasteiger charge is -2.28. The van der Waals surface area contributed by atoms with E-state index in [1.54, 1.807) is 6.08 Å². The van der Waals surface area contributed by atoms with Crippen molar-refractivity contribution < 1.29 is 24.9 Å². The monoisotopic (exact) mass is 186 g/mol. The lowest BCUT2D eigenvalue weighted by Crippen LogP contribution is -2.47. The second kappa shape index (κ2) is 2.54. The van der Waals surface area contributed by atoms with Crippen LogP contribution in [0.5, 0.6) is 0 Å². The zero-order chi connectivity index (χ0) is 9.64. The van der Waals surface area contributed by atoms with Gasteiger partial charge in [0.1, 0.15) is 0 Å². The molecule has 5 heteroatoms. The largest absolute Gasteiger partial charge is 0.481 e. The molecule has 0 aromatic rings. The predicted molar refractivity (Wildman–Crippen MR) is 40.7 cm³/mol. The highest BCUT2D eigenvalue weighted by atomic mass is 16.6. The topological polar surface area (TPSA) is 87.0 Å². The molecule has 2 bridgehead atoms. The molecule has 2 aliphatic rings. The van der Waals surface area contributed by atoms with Crippen molar-refractivity contribution in [2.24, 2.45) is 5.92 Å². The van der Waals surface area contributed by atoms with E-state index in [4.69, 9.17) is 20.1 Å². The van der Waals surface area contributed by atoms with E-state index < -0.39 is 23.8 Å². The summed E-state index contributed by atoms with van der Waals surface area (Å²) in [6.07, 6.45) is 1.34. The van der Waals surface area contributed by atoms with Gasteiger partial charge in [-0.25, -0.2) is 0 Å². The van der Waals surface area contributed by atoms with Crippen molar-refractivity contribution in [3.05, 3.63) is 12.2 Å². The van der Waals surface area contributed by atoms with Crippen LogP contribution in [0.2, 0.25) is 0 Å². The van der Waals surface area contributed by atoms with Crippen LogP contribution in [0, 0.1) is 5.92 Å². The van der Waals surface area contributed by atoms with Gasteiger partial charge in [0.15, 0.2) is 11.9 Å². The standard InChI is InChI=1S/C8H10O5/c9-6(10)5-3-4-1-2-8(5,13-4)7(11)12/h1-2,4-5,7,11-12H,3H2,(H,9,10). The maximum atomic E-state index is 10.8. The molecule has 5 nitrogen and oxygen atoms in total. The first-order valence-corrected chi connectivity index (χ1v) is 4.02. The zero-order valence-electron chi connectivity index (χ0n) is 6.75. The van der Waals surface area contributed by atoms with Crippen molar-refractivity contribution in [1.82, 2.24) is 0 Å². The molecule has 1 fully saturated rings. The summed E-state index contributed by atoms with van der Waals surface area (Å²) in [5, 5.41) is 26.9. The van der Waals surface area contributed by atoms with E-state index >= 15 is 0 Å². The molecular weight excluding hydrogens is 176 g/mol. The fourth-order valence-corrected chi connectivity index (χ4v) is 1.96. The first-order chi connectivity index (χ1) is 6.06. The molecular formula is C8H10O5. The van der Waals surface area contributed by atoms with Crippen LogP contribution in [0.15, 0.2) is 12.2 Å². The van der Waals surface area contributed by atoms with E-state index in [0.29, 0.717) is 6.42 Å². The van der Waals surface area contributed by atoms with Crippen molar-refractivity contribution in [3.8, 4) is 0 Å². The molecule has 0 aliphatic carbocycles. The van der Waals surface area contributed by atoms with E-state index in [-0.39, 0.29) is 6.10 Å². The average Bonchev–Trinajstić information content (AvgIpc) is 2.60. The molecule has 0 aromatic carbocycles. The Balaban J connectivity index is 2.33. The van der Waals surface area contributed by atoms with Gasteiger partial charge in [-0.2, -0.15) is 0 Å². The van der Waals surface area contributed by atoms with Crippen LogP contribution in [0.3, 0.4) is 0 Å². The quantitative estimate of drug-likeness (QED) is 0.384. The summed E-state index contributed by atoms with van der Waals surface area (Å²) in [4.78, 5) is 10.8. The molecule has 0 saturated carbocycles. The van der Waals surface area contributed by atoms with Crippen LogP contribution in [-0.2, 0) is 9.53 Å². The third-order valence-corrected chi connectivity index (χ3v) is 2.64. The Kier molecular flexibility index (Phi) is 1.69. The summed E-state index contributed by atoms with van der Waals surface area (Å²) in [7, 11) is 0. The van der Waals surface area contributed by atoms with Crippen LogP contribution in [0.25, 0.3) is 0 Å². The number of carboxylic acid groups (broad SMARTS) is 1. The summed E-state index contributed by atoms with van der Waals surface area (Å²) < 4.78 is 5.20. The molecule has 2 heterocycles. The fourth-order valence-electron chi connectivity index (χ4n) is 1.96. The Bertz CT molecular complexity index is 272. The number of aliphatic carboxylic acids is 1. The third kappa shape index (κ3) is 1.01. The maximum absolute atomic E-state index is 10.8. The lowest BCUT2D eigenvalue weighted by molar-refractivity contribution is -0.189. The van der Waals surface area contributed by atoms with Gasteiger partial charge < -0.3 is 20.1 Å². The number of aliphatic hydroxyl groups is 2. The molecule has 0 aromatic heterocycles. The van der Waals surface area contributed by atoms with Gasteiger partial charge in [-0.3, -0.25) is 4.79 Å². The van der Waals surface area contributed by atoms with Gasteiger partial charge in [-0.1, -0.05) is 6.08 Å². The van der Waals surface area contributed by atoms with E-state index in [1.807, 2.05) is 0 Å². The lowest BCUT2D eigenvalue weighted by atomic mass is 9.82. The minimum absolute atomic E-state index is 0.289. The van der Waals surface area contributed by atoms with Gasteiger partial charge in [-0.15, -0.1) is 0 Å². The third-order valence-electron chi connectivity index (χ3n) is 2.64. The smallest absolute Gasteiger partial charge is 0.310 e. The molecule has 3 atom stereocenters. The van der Waals surface area contributed by atoms with Gasteiger partial charge >= 0.3 is 5.97 Å². The molecule has 2 rings (SSSR count). The van der Waals surface area contributed by atoms with Crippen molar-refractivity contribution in [2.75, 3.05) is 0 Å². The van der Waals surface area contributed by atoms with Crippen molar-refractivity contribution in [1.29, 1.82) is 0 Å². The van der Waals surface area contributed by atoms with E-state index in [9.17, 15) is 4.79 Å².